The largest absolute Gasteiger partial charge is 0.484 e. The van der Waals surface area contributed by atoms with Gasteiger partial charge in [-0.2, -0.15) is 9.49 Å². The molecule has 2 rings (SSSR count). The van der Waals surface area contributed by atoms with Gasteiger partial charge in [0, 0.05) is 24.5 Å². The molecule has 0 aliphatic carbocycles. The van der Waals surface area contributed by atoms with Crippen molar-refractivity contribution < 1.29 is 9.13 Å². The minimum absolute atomic E-state index is 0.159. The SMILES string of the molecule is CCn1cc(COc2cccnc2F)cn1. The van der Waals surface area contributed by atoms with Gasteiger partial charge in [-0.3, -0.25) is 4.68 Å². The van der Waals surface area contributed by atoms with Crippen molar-refractivity contribution in [2.24, 2.45) is 0 Å². The molecule has 0 spiro atoms. The highest BCUT2D eigenvalue weighted by atomic mass is 19.1. The van der Waals surface area contributed by atoms with Crippen LogP contribution in [0.4, 0.5) is 4.39 Å². The lowest BCUT2D eigenvalue weighted by Crippen LogP contribution is -1.98. The summed E-state index contributed by atoms with van der Waals surface area (Å²) in [5, 5.41) is 4.10. The molecule has 0 saturated carbocycles. The minimum atomic E-state index is -0.592. The molecule has 2 aromatic rings. The first-order valence-corrected chi connectivity index (χ1v) is 5.04. The quantitative estimate of drug-likeness (QED) is 0.741. The second-order valence-electron chi connectivity index (χ2n) is 3.29. The van der Waals surface area contributed by atoms with Crippen LogP contribution in [-0.4, -0.2) is 14.8 Å². The molecule has 2 heterocycles. The zero-order chi connectivity index (χ0) is 11.4. The van der Waals surface area contributed by atoms with Gasteiger partial charge in [0.25, 0.3) is 5.95 Å². The van der Waals surface area contributed by atoms with Crippen molar-refractivity contribution in [3.8, 4) is 5.75 Å². The van der Waals surface area contributed by atoms with E-state index in [1.165, 1.54) is 6.20 Å². The number of nitrogens with zero attached hydrogens (tertiary/aromatic N) is 3. The fourth-order valence-electron chi connectivity index (χ4n) is 1.29. The third kappa shape index (κ3) is 2.36. The Hall–Kier alpha value is -1.91. The van der Waals surface area contributed by atoms with Crippen LogP contribution in [0.5, 0.6) is 5.75 Å². The van der Waals surface area contributed by atoms with Crippen LogP contribution >= 0.6 is 0 Å². The van der Waals surface area contributed by atoms with Gasteiger partial charge in [-0.1, -0.05) is 0 Å². The maximum absolute atomic E-state index is 13.1. The first kappa shape index (κ1) is 10.6. The van der Waals surface area contributed by atoms with Crippen LogP contribution in [0.2, 0.25) is 0 Å². The van der Waals surface area contributed by atoms with Crippen LogP contribution < -0.4 is 4.74 Å². The third-order valence-corrected chi connectivity index (χ3v) is 2.13. The molecule has 5 heteroatoms. The van der Waals surface area contributed by atoms with Crippen LogP contribution in [-0.2, 0) is 13.2 Å². The topological polar surface area (TPSA) is 39.9 Å². The van der Waals surface area contributed by atoms with Gasteiger partial charge in [0.2, 0.25) is 0 Å². The highest BCUT2D eigenvalue weighted by Crippen LogP contribution is 2.14. The Labute approximate surface area is 92.7 Å². The van der Waals surface area contributed by atoms with Gasteiger partial charge < -0.3 is 4.74 Å². The van der Waals surface area contributed by atoms with Gasteiger partial charge in [0.15, 0.2) is 5.75 Å². The van der Waals surface area contributed by atoms with E-state index in [9.17, 15) is 4.39 Å². The first-order valence-electron chi connectivity index (χ1n) is 5.04. The Morgan fingerprint density at radius 3 is 3.06 bits per heavy atom. The molecule has 0 radical (unpaired) electrons. The van der Waals surface area contributed by atoms with Crippen molar-refractivity contribution in [3.05, 3.63) is 42.2 Å². The van der Waals surface area contributed by atoms with Gasteiger partial charge in [0.1, 0.15) is 6.61 Å². The smallest absolute Gasteiger partial charge is 0.255 e. The number of aryl methyl sites for hydroxylation is 1. The van der Waals surface area contributed by atoms with Crippen molar-refractivity contribution in [1.29, 1.82) is 0 Å². The van der Waals surface area contributed by atoms with Gasteiger partial charge in [-0.25, -0.2) is 4.98 Å². The molecule has 0 saturated heterocycles. The van der Waals surface area contributed by atoms with Gasteiger partial charge in [-0.05, 0) is 19.1 Å². The molecular weight excluding hydrogens is 209 g/mol. The lowest BCUT2D eigenvalue weighted by atomic mass is 10.4. The van der Waals surface area contributed by atoms with E-state index in [1.807, 2.05) is 13.1 Å². The summed E-state index contributed by atoms with van der Waals surface area (Å²) in [4.78, 5) is 3.50. The molecule has 0 aliphatic rings. The number of hydrogen-bond acceptors (Lipinski definition) is 3. The van der Waals surface area contributed by atoms with Crippen molar-refractivity contribution in [2.75, 3.05) is 0 Å². The fourth-order valence-corrected chi connectivity index (χ4v) is 1.29. The molecule has 4 nitrogen and oxygen atoms in total. The Bertz CT molecular complexity index is 470. The zero-order valence-corrected chi connectivity index (χ0v) is 8.93. The molecule has 0 bridgehead atoms. The molecule has 84 valence electrons. The first-order chi connectivity index (χ1) is 7.79. The van der Waals surface area contributed by atoms with E-state index in [0.717, 1.165) is 12.1 Å². The molecule has 0 aromatic carbocycles. The van der Waals surface area contributed by atoms with E-state index in [2.05, 4.69) is 10.1 Å². The molecule has 0 aliphatic heterocycles. The predicted octanol–water partition coefficient (Wildman–Crippen LogP) is 2.02. The fraction of sp³-hybridized carbons (Fsp3) is 0.273. The second kappa shape index (κ2) is 4.74. The Morgan fingerprint density at radius 1 is 1.50 bits per heavy atom. The maximum atomic E-state index is 13.1. The van der Waals surface area contributed by atoms with Crippen LogP contribution in [0.1, 0.15) is 12.5 Å². The van der Waals surface area contributed by atoms with Gasteiger partial charge in [-0.15, -0.1) is 0 Å². The van der Waals surface area contributed by atoms with Crippen LogP contribution in [0.3, 0.4) is 0 Å². The highest BCUT2D eigenvalue weighted by Gasteiger charge is 2.04. The summed E-state index contributed by atoms with van der Waals surface area (Å²) in [5.41, 5.74) is 0.908. The Balaban J connectivity index is 1.99. The standard InChI is InChI=1S/C11H12FN3O/c1-2-15-7-9(6-14-15)8-16-10-4-3-5-13-11(10)12/h3-7H,2,8H2,1H3. The number of rotatable bonds is 4. The monoisotopic (exact) mass is 221 g/mol. The summed E-state index contributed by atoms with van der Waals surface area (Å²) in [6.45, 7) is 3.10. The highest BCUT2D eigenvalue weighted by molar-refractivity contribution is 5.18. The molecule has 2 aromatic heterocycles. The Kier molecular flexibility index (Phi) is 3.14. The maximum Gasteiger partial charge on any atom is 0.255 e. The summed E-state index contributed by atoms with van der Waals surface area (Å²) in [5.74, 6) is -0.433. The lowest BCUT2D eigenvalue weighted by molar-refractivity contribution is 0.286. The van der Waals surface area contributed by atoms with Crippen LogP contribution in [0.25, 0.3) is 0 Å². The molecular formula is C11H12FN3O. The summed E-state index contributed by atoms with van der Waals surface area (Å²) < 4.78 is 20.2. The van der Waals surface area contributed by atoms with Gasteiger partial charge in [0.05, 0.1) is 6.20 Å². The van der Waals surface area contributed by atoms with Crippen molar-refractivity contribution in [2.45, 2.75) is 20.1 Å². The van der Waals surface area contributed by atoms with E-state index >= 15 is 0 Å². The molecule has 0 amide bonds. The van der Waals surface area contributed by atoms with Crippen molar-refractivity contribution in [1.82, 2.24) is 14.8 Å². The molecule has 0 fully saturated rings. The summed E-state index contributed by atoms with van der Waals surface area (Å²) in [7, 11) is 0. The second-order valence-corrected chi connectivity index (χ2v) is 3.29. The third-order valence-electron chi connectivity index (χ3n) is 2.13. The van der Waals surface area contributed by atoms with E-state index in [1.54, 1.807) is 23.0 Å². The van der Waals surface area contributed by atoms with E-state index in [0.29, 0.717) is 6.61 Å². The lowest BCUT2D eigenvalue weighted by Gasteiger charge is -2.03. The van der Waals surface area contributed by atoms with E-state index < -0.39 is 5.95 Å². The Morgan fingerprint density at radius 2 is 2.38 bits per heavy atom. The number of pyridine rings is 1. The molecule has 0 unspecified atom stereocenters. The van der Waals surface area contributed by atoms with Gasteiger partial charge >= 0.3 is 0 Å². The number of hydrogen-bond donors (Lipinski definition) is 0. The number of ether oxygens (including phenoxy) is 1. The molecule has 16 heavy (non-hydrogen) atoms. The minimum Gasteiger partial charge on any atom is -0.484 e. The molecule has 0 N–H and O–H groups in total. The van der Waals surface area contributed by atoms with Crippen LogP contribution in [0, 0.1) is 5.95 Å². The average Bonchev–Trinajstić information content (AvgIpc) is 2.76. The van der Waals surface area contributed by atoms with Crippen molar-refractivity contribution >= 4 is 0 Å². The molecule has 0 atom stereocenters. The summed E-state index contributed by atoms with van der Waals surface area (Å²) in [6.07, 6.45) is 4.96. The number of aromatic nitrogens is 3. The summed E-state index contributed by atoms with van der Waals surface area (Å²) >= 11 is 0. The number of halogens is 1. The van der Waals surface area contributed by atoms with Crippen molar-refractivity contribution in [3.63, 3.8) is 0 Å². The summed E-state index contributed by atoms with van der Waals surface area (Å²) in [6, 6.07) is 3.18. The zero-order valence-electron chi connectivity index (χ0n) is 8.93. The average molecular weight is 221 g/mol. The van der Waals surface area contributed by atoms with Crippen LogP contribution in [0.15, 0.2) is 30.7 Å². The normalized spacial score (nSPS) is 10.4. The van der Waals surface area contributed by atoms with E-state index in [-0.39, 0.29) is 5.75 Å². The predicted molar refractivity (Wildman–Crippen MR) is 56.4 cm³/mol. The van der Waals surface area contributed by atoms with E-state index in [4.69, 9.17) is 4.74 Å².